The van der Waals surface area contributed by atoms with Crippen LogP contribution < -0.4 is 16.0 Å². The molecule has 17 heteroatoms. The van der Waals surface area contributed by atoms with Gasteiger partial charge in [0.15, 0.2) is 0 Å². The first-order valence-electron chi connectivity index (χ1n) is 20.0. The maximum Gasteiger partial charge on any atom is 0.407 e. The molecule has 314 valence electrons. The molecular weight excluding hydrogens is 756 g/mol. The average molecular weight is 809 g/mol. The van der Waals surface area contributed by atoms with Gasteiger partial charge in [-0.3, -0.25) is 39.0 Å². The van der Waals surface area contributed by atoms with Gasteiger partial charge in [0.2, 0.25) is 17.7 Å². The number of carbonyl (C=O) groups excluding carboxylic acids is 7. The fraction of sp³-hybridized carbons (Fsp3) is 0.585. The number of alkyl carbamates (subject to hydrolysis) is 1. The minimum atomic E-state index is -1.12. The van der Waals surface area contributed by atoms with Gasteiger partial charge in [-0.15, -0.1) is 0 Å². The number of allylic oxidation sites excluding steroid dienone is 3. The molecule has 6 rings (SSSR count). The lowest BCUT2D eigenvalue weighted by atomic mass is 9.65. The van der Waals surface area contributed by atoms with Gasteiger partial charge in [0.05, 0.1) is 62.4 Å². The molecule has 1 aromatic rings. The molecule has 6 amide bonds. The first-order chi connectivity index (χ1) is 27.9. The van der Waals surface area contributed by atoms with Gasteiger partial charge in [0.25, 0.3) is 11.8 Å². The molecule has 0 saturated carbocycles. The summed E-state index contributed by atoms with van der Waals surface area (Å²) in [6.45, 7) is 5.16. The van der Waals surface area contributed by atoms with Gasteiger partial charge in [0.1, 0.15) is 24.9 Å². The van der Waals surface area contributed by atoms with E-state index in [1.54, 1.807) is 0 Å². The van der Waals surface area contributed by atoms with Crippen LogP contribution in [0.5, 0.6) is 0 Å². The van der Waals surface area contributed by atoms with Gasteiger partial charge in [-0.05, 0) is 61.1 Å². The number of nitrogens with zero attached hydrogens (tertiary/aromatic N) is 1. The van der Waals surface area contributed by atoms with Crippen molar-refractivity contribution in [2.45, 2.75) is 83.1 Å². The van der Waals surface area contributed by atoms with Crippen LogP contribution in [0.15, 0.2) is 42.0 Å². The molecule has 4 N–H and O–H groups in total. The Balaban J connectivity index is 0.838. The molecule has 5 aliphatic rings. The van der Waals surface area contributed by atoms with E-state index in [1.165, 1.54) is 18.2 Å². The van der Waals surface area contributed by atoms with E-state index in [0.717, 1.165) is 16.9 Å². The molecule has 0 aromatic heterocycles. The summed E-state index contributed by atoms with van der Waals surface area (Å²) in [7, 11) is 0. The number of aliphatic hydroxyl groups excluding tert-OH is 1. The molecule has 3 heterocycles. The molecule has 8 atom stereocenters. The quantitative estimate of drug-likeness (QED) is 0.101. The molecule has 0 bridgehead atoms. The second kappa shape index (κ2) is 19.7. The number of ether oxygens (including phenoxy) is 5. The molecule has 2 aliphatic carbocycles. The van der Waals surface area contributed by atoms with Gasteiger partial charge in [-0.25, -0.2) is 4.79 Å². The molecule has 1 aromatic carbocycles. The summed E-state index contributed by atoms with van der Waals surface area (Å²) in [5.74, 6) is -2.86. The Labute approximate surface area is 336 Å². The number of nitrogens with one attached hydrogen (secondary N) is 3. The number of piperidine rings is 1. The van der Waals surface area contributed by atoms with E-state index in [4.69, 9.17) is 23.7 Å². The lowest BCUT2D eigenvalue weighted by molar-refractivity contribution is -0.160. The number of carbonyl (C=O) groups is 7. The van der Waals surface area contributed by atoms with E-state index in [2.05, 4.69) is 48.0 Å². The Morgan fingerprint density at radius 2 is 1.72 bits per heavy atom. The number of benzene rings is 1. The Hall–Kier alpha value is -4.97. The smallest absolute Gasteiger partial charge is 0.407 e. The highest BCUT2D eigenvalue weighted by atomic mass is 16.6. The van der Waals surface area contributed by atoms with E-state index in [0.29, 0.717) is 19.3 Å². The fourth-order valence-electron chi connectivity index (χ4n) is 8.45. The highest BCUT2D eigenvalue weighted by molar-refractivity contribution is 6.26. The lowest BCUT2D eigenvalue weighted by Gasteiger charge is -2.43. The Bertz CT molecular complexity index is 1810. The van der Waals surface area contributed by atoms with E-state index >= 15 is 0 Å². The number of fused-ring (bicyclic) bond motifs is 2. The van der Waals surface area contributed by atoms with Crippen molar-refractivity contribution in [1.82, 2.24) is 15.5 Å². The molecule has 0 spiro atoms. The molecular formula is C41H52N4O13. The van der Waals surface area contributed by atoms with Crippen LogP contribution in [0.4, 0.5) is 10.5 Å². The van der Waals surface area contributed by atoms with Crippen molar-refractivity contribution in [3.05, 3.63) is 53.1 Å². The predicted molar refractivity (Wildman–Crippen MR) is 204 cm³/mol. The Morgan fingerprint density at radius 3 is 2.48 bits per heavy atom. The standard InChI is InChI=1S/C41H52N4O13/c1-23-18-25-7-6-24(2)28(9-8-27-20-26(46)21-35(49)57-27)36(25)32(19-23)58-41(53)42-12-13-54-14-15-55-16-17-56-22-34(48)43-30-5-3-4-29-37(30)40(52)45(39(29)51)31-10-11-33(47)44-38(31)50/h3-7,18,23-24,26-28,31-32,36,46H,8-17,19-22H2,1-2H3,(H,42,53)(H,43,48)(H,44,47,50)/t23-,24-,26+,27+,28-,31?,32-,36-/m0/s1. The van der Waals surface area contributed by atoms with E-state index < -0.39 is 47.8 Å². The molecule has 3 aliphatic heterocycles. The van der Waals surface area contributed by atoms with Crippen molar-refractivity contribution < 1.29 is 62.4 Å². The zero-order valence-electron chi connectivity index (χ0n) is 32.8. The van der Waals surface area contributed by atoms with Crippen LogP contribution in [0.3, 0.4) is 0 Å². The third-order valence-corrected chi connectivity index (χ3v) is 11.1. The number of hydrogen-bond donors (Lipinski definition) is 4. The highest BCUT2D eigenvalue weighted by Crippen LogP contribution is 2.45. The molecule has 2 fully saturated rings. The largest absolute Gasteiger partial charge is 0.462 e. The molecule has 2 saturated heterocycles. The Morgan fingerprint density at radius 1 is 0.966 bits per heavy atom. The third-order valence-electron chi connectivity index (χ3n) is 11.1. The molecule has 17 nitrogen and oxygen atoms in total. The normalized spacial score (nSPS) is 27.9. The molecule has 0 radical (unpaired) electrons. The number of anilines is 1. The van der Waals surface area contributed by atoms with Crippen molar-refractivity contribution in [1.29, 1.82) is 0 Å². The van der Waals surface area contributed by atoms with Crippen molar-refractivity contribution >= 4 is 47.3 Å². The monoisotopic (exact) mass is 808 g/mol. The van der Waals surface area contributed by atoms with Crippen molar-refractivity contribution in [2.75, 3.05) is 51.5 Å². The van der Waals surface area contributed by atoms with Gasteiger partial charge in [-0.1, -0.05) is 38.1 Å². The molecule has 1 unspecified atom stereocenters. The van der Waals surface area contributed by atoms with Crippen LogP contribution in [-0.4, -0.2) is 122 Å². The molecule has 58 heavy (non-hydrogen) atoms. The maximum absolute atomic E-state index is 13.2. The Kier molecular flexibility index (Phi) is 14.4. The first-order valence-corrected chi connectivity index (χ1v) is 20.0. The number of hydrogen-bond acceptors (Lipinski definition) is 13. The van der Waals surface area contributed by atoms with Crippen molar-refractivity contribution in [3.8, 4) is 0 Å². The average Bonchev–Trinajstić information content (AvgIpc) is 3.42. The number of aliphatic hydroxyl groups is 1. The minimum Gasteiger partial charge on any atom is -0.462 e. The number of imide groups is 2. The van der Waals surface area contributed by atoms with E-state index in [-0.39, 0.29) is 124 Å². The van der Waals surface area contributed by atoms with Crippen LogP contribution in [0.2, 0.25) is 0 Å². The van der Waals surface area contributed by atoms with Crippen LogP contribution >= 0.6 is 0 Å². The number of rotatable bonds is 17. The van der Waals surface area contributed by atoms with E-state index in [1.807, 2.05) is 0 Å². The maximum atomic E-state index is 13.2. The predicted octanol–water partition coefficient (Wildman–Crippen LogP) is 2.42. The number of cyclic esters (lactones) is 1. The minimum absolute atomic E-state index is 0.00417. The van der Waals surface area contributed by atoms with Crippen molar-refractivity contribution in [3.63, 3.8) is 0 Å². The second-order valence-corrected chi connectivity index (χ2v) is 15.4. The summed E-state index contributed by atoms with van der Waals surface area (Å²) < 4.78 is 28.0. The zero-order valence-corrected chi connectivity index (χ0v) is 32.8. The van der Waals surface area contributed by atoms with Crippen LogP contribution in [0, 0.1) is 23.7 Å². The van der Waals surface area contributed by atoms with Gasteiger partial charge in [-0.2, -0.15) is 0 Å². The first kappa shape index (κ1) is 42.6. The zero-order chi connectivity index (χ0) is 41.3. The highest BCUT2D eigenvalue weighted by Gasteiger charge is 2.46. The van der Waals surface area contributed by atoms with Crippen LogP contribution in [-0.2, 0) is 42.9 Å². The van der Waals surface area contributed by atoms with Gasteiger partial charge >= 0.3 is 12.1 Å². The SMILES string of the molecule is C[C@H]1C=C2C=C[C@H](C)[C@H](CC[C@@H]3C[C@@H](O)CC(=O)O3)[C@H]2[C@@H](OC(=O)NCCOCCOCCOCC(=O)Nc2cccc3c2C(=O)N(C2CCC(=O)NC2=O)C3=O)C1. The second-order valence-electron chi connectivity index (χ2n) is 15.4. The van der Waals surface area contributed by atoms with Gasteiger partial charge in [0, 0.05) is 25.3 Å². The summed E-state index contributed by atoms with van der Waals surface area (Å²) in [5, 5.41) is 17.6. The van der Waals surface area contributed by atoms with Gasteiger partial charge < -0.3 is 39.4 Å². The summed E-state index contributed by atoms with van der Waals surface area (Å²) in [4.78, 5) is 88.3. The number of esters is 1. The topological polar surface area (TPSA) is 225 Å². The number of amides is 6. The lowest BCUT2D eigenvalue weighted by Crippen LogP contribution is -2.54. The van der Waals surface area contributed by atoms with Crippen molar-refractivity contribution in [2.24, 2.45) is 23.7 Å². The summed E-state index contributed by atoms with van der Waals surface area (Å²) >= 11 is 0. The summed E-state index contributed by atoms with van der Waals surface area (Å²) in [6.07, 6.45) is 7.32. The van der Waals surface area contributed by atoms with E-state index in [9.17, 15) is 38.7 Å². The summed E-state index contributed by atoms with van der Waals surface area (Å²) in [5.41, 5.74) is 1.28. The van der Waals surface area contributed by atoms with Crippen LogP contribution in [0.25, 0.3) is 0 Å². The van der Waals surface area contributed by atoms with Crippen LogP contribution in [0.1, 0.15) is 79.5 Å². The summed E-state index contributed by atoms with van der Waals surface area (Å²) in [6, 6.07) is 3.30. The fourth-order valence-corrected chi connectivity index (χ4v) is 8.45. The third kappa shape index (κ3) is 10.6.